The standard InChI is InChI=1S/C12H21N3O2S/c1-9-3-8-18-12(13-9)14-10(2)11(16)15-4-6-17-7-5-15/h9-10H,3-8H2,1-2H3,(H,13,14). The van der Waals surface area contributed by atoms with Gasteiger partial charge in [-0.3, -0.25) is 9.79 Å². The monoisotopic (exact) mass is 271 g/mol. The molecule has 0 radical (unpaired) electrons. The van der Waals surface area contributed by atoms with Crippen LogP contribution < -0.4 is 5.32 Å². The van der Waals surface area contributed by atoms with Crippen LogP contribution in [0.3, 0.4) is 0 Å². The van der Waals surface area contributed by atoms with Crippen LogP contribution in [0.2, 0.25) is 0 Å². The highest BCUT2D eigenvalue weighted by molar-refractivity contribution is 8.13. The lowest BCUT2D eigenvalue weighted by atomic mass is 10.2. The van der Waals surface area contributed by atoms with Gasteiger partial charge in [-0.2, -0.15) is 0 Å². The summed E-state index contributed by atoms with van der Waals surface area (Å²) in [5.74, 6) is 1.21. The van der Waals surface area contributed by atoms with Gasteiger partial charge in [0.15, 0.2) is 5.17 Å². The first kappa shape index (κ1) is 13.7. The van der Waals surface area contributed by atoms with E-state index in [1.807, 2.05) is 11.8 Å². The number of nitrogens with zero attached hydrogens (tertiary/aromatic N) is 2. The van der Waals surface area contributed by atoms with Crippen LogP contribution in [-0.4, -0.2) is 60.1 Å². The number of morpholine rings is 1. The highest BCUT2D eigenvalue weighted by Gasteiger charge is 2.24. The molecular weight excluding hydrogens is 250 g/mol. The second kappa shape index (κ2) is 6.43. The second-order valence-corrected chi connectivity index (χ2v) is 5.81. The summed E-state index contributed by atoms with van der Waals surface area (Å²) < 4.78 is 5.25. The van der Waals surface area contributed by atoms with Crippen molar-refractivity contribution in [3.8, 4) is 0 Å². The van der Waals surface area contributed by atoms with E-state index in [2.05, 4.69) is 17.2 Å². The third kappa shape index (κ3) is 3.62. The van der Waals surface area contributed by atoms with Crippen molar-refractivity contribution in [1.29, 1.82) is 0 Å². The first-order valence-corrected chi connectivity index (χ1v) is 7.49. The minimum absolute atomic E-state index is 0.139. The molecule has 1 N–H and O–H groups in total. The number of thioether (sulfide) groups is 1. The Morgan fingerprint density at radius 1 is 1.56 bits per heavy atom. The van der Waals surface area contributed by atoms with E-state index in [4.69, 9.17) is 4.74 Å². The number of hydrogen-bond donors (Lipinski definition) is 1. The second-order valence-electron chi connectivity index (χ2n) is 4.72. The van der Waals surface area contributed by atoms with Gasteiger partial charge in [0.2, 0.25) is 5.91 Å². The molecule has 1 amide bonds. The summed E-state index contributed by atoms with van der Waals surface area (Å²) in [6.45, 7) is 6.69. The van der Waals surface area contributed by atoms with Crippen LogP contribution in [0.5, 0.6) is 0 Å². The molecule has 0 aliphatic carbocycles. The van der Waals surface area contributed by atoms with Crippen molar-refractivity contribution in [1.82, 2.24) is 10.2 Å². The van der Waals surface area contributed by atoms with Gasteiger partial charge >= 0.3 is 0 Å². The number of carbonyl (C=O) groups excluding carboxylic acids is 1. The fourth-order valence-electron chi connectivity index (χ4n) is 2.01. The van der Waals surface area contributed by atoms with Crippen LogP contribution in [0.15, 0.2) is 4.99 Å². The third-order valence-corrected chi connectivity index (χ3v) is 4.08. The first-order valence-electron chi connectivity index (χ1n) is 6.50. The molecule has 2 atom stereocenters. The fourth-order valence-corrected chi connectivity index (χ4v) is 3.18. The number of nitrogens with one attached hydrogen (secondary N) is 1. The van der Waals surface area contributed by atoms with Gasteiger partial charge in [-0.1, -0.05) is 11.8 Å². The van der Waals surface area contributed by atoms with Crippen molar-refractivity contribution in [2.75, 3.05) is 32.1 Å². The van der Waals surface area contributed by atoms with Crippen LogP contribution in [-0.2, 0) is 9.53 Å². The quantitative estimate of drug-likeness (QED) is 0.803. The van der Waals surface area contributed by atoms with Crippen molar-refractivity contribution < 1.29 is 9.53 Å². The summed E-state index contributed by atoms with van der Waals surface area (Å²) in [7, 11) is 0. The number of amidine groups is 1. The Morgan fingerprint density at radius 3 is 2.94 bits per heavy atom. The van der Waals surface area contributed by atoms with E-state index in [1.165, 1.54) is 0 Å². The zero-order valence-corrected chi connectivity index (χ0v) is 11.8. The third-order valence-electron chi connectivity index (χ3n) is 3.15. The minimum atomic E-state index is -0.209. The number of amides is 1. The molecule has 0 aromatic rings. The van der Waals surface area contributed by atoms with Gasteiger partial charge in [0.25, 0.3) is 0 Å². The normalized spacial score (nSPS) is 26.4. The van der Waals surface area contributed by atoms with Gasteiger partial charge in [0, 0.05) is 18.8 Å². The van der Waals surface area contributed by atoms with Crippen molar-refractivity contribution in [2.45, 2.75) is 32.4 Å². The highest BCUT2D eigenvalue weighted by Crippen LogP contribution is 2.16. The van der Waals surface area contributed by atoms with Crippen molar-refractivity contribution in [3.63, 3.8) is 0 Å². The summed E-state index contributed by atoms with van der Waals surface area (Å²) >= 11 is 1.70. The molecule has 6 heteroatoms. The molecule has 1 saturated heterocycles. The van der Waals surface area contributed by atoms with Crippen molar-refractivity contribution >= 4 is 22.8 Å². The van der Waals surface area contributed by atoms with E-state index in [-0.39, 0.29) is 11.9 Å². The highest BCUT2D eigenvalue weighted by atomic mass is 32.2. The maximum absolute atomic E-state index is 12.2. The maximum Gasteiger partial charge on any atom is 0.244 e. The molecule has 0 spiro atoms. The summed E-state index contributed by atoms with van der Waals surface area (Å²) in [5.41, 5.74) is 0. The average molecular weight is 271 g/mol. The number of carbonyl (C=O) groups is 1. The Kier molecular flexibility index (Phi) is 4.88. The molecule has 0 bridgehead atoms. The maximum atomic E-state index is 12.2. The summed E-state index contributed by atoms with van der Waals surface area (Å²) in [5, 5.41) is 4.13. The zero-order chi connectivity index (χ0) is 13.0. The zero-order valence-electron chi connectivity index (χ0n) is 11.0. The Morgan fingerprint density at radius 2 is 2.28 bits per heavy atom. The van der Waals surface area contributed by atoms with Gasteiger partial charge < -0.3 is 15.0 Å². The van der Waals surface area contributed by atoms with E-state index in [0.29, 0.717) is 32.3 Å². The average Bonchev–Trinajstić information content (AvgIpc) is 2.39. The molecule has 0 saturated carbocycles. The predicted octanol–water partition coefficient (Wildman–Crippen LogP) is 0.705. The van der Waals surface area contributed by atoms with Crippen LogP contribution >= 0.6 is 11.8 Å². The summed E-state index contributed by atoms with van der Waals surface area (Å²) in [6.07, 6.45) is 1.11. The predicted molar refractivity (Wildman–Crippen MR) is 74.0 cm³/mol. The molecule has 18 heavy (non-hydrogen) atoms. The lowest BCUT2D eigenvalue weighted by Crippen LogP contribution is -2.50. The fraction of sp³-hybridized carbons (Fsp3) is 0.833. The smallest absolute Gasteiger partial charge is 0.244 e. The molecule has 0 aromatic heterocycles. The Bertz CT molecular complexity index is 329. The number of ether oxygens (including phenoxy) is 1. The van der Waals surface area contributed by atoms with Crippen LogP contribution in [0.1, 0.15) is 20.3 Å². The lowest BCUT2D eigenvalue weighted by molar-refractivity contribution is -0.136. The Hall–Kier alpha value is -0.750. The Balaban J connectivity index is 1.86. The molecular formula is C12H21N3O2S. The van der Waals surface area contributed by atoms with Gasteiger partial charge in [-0.25, -0.2) is 0 Å². The number of rotatable bonds is 2. The summed E-state index contributed by atoms with van der Waals surface area (Å²) in [4.78, 5) is 18.6. The van der Waals surface area contributed by atoms with Crippen LogP contribution in [0.25, 0.3) is 0 Å². The molecule has 1 fully saturated rings. The molecule has 2 heterocycles. The molecule has 2 unspecified atom stereocenters. The van der Waals surface area contributed by atoms with Gasteiger partial charge in [0.1, 0.15) is 6.04 Å². The molecule has 2 aliphatic rings. The van der Waals surface area contributed by atoms with E-state index in [1.54, 1.807) is 11.8 Å². The van der Waals surface area contributed by atoms with Crippen molar-refractivity contribution in [3.05, 3.63) is 0 Å². The molecule has 102 valence electrons. The van der Waals surface area contributed by atoms with E-state index in [0.717, 1.165) is 17.3 Å². The number of hydrogen-bond acceptors (Lipinski definition) is 5. The van der Waals surface area contributed by atoms with E-state index in [9.17, 15) is 4.79 Å². The SMILES string of the molecule is CC1CCSC(NC(C)C(=O)N2CCOCC2)=N1. The lowest BCUT2D eigenvalue weighted by Gasteiger charge is -2.30. The topological polar surface area (TPSA) is 53.9 Å². The molecule has 2 aliphatic heterocycles. The number of aliphatic imine (C=N–C) groups is 1. The van der Waals surface area contributed by atoms with E-state index >= 15 is 0 Å². The van der Waals surface area contributed by atoms with Crippen LogP contribution in [0.4, 0.5) is 0 Å². The van der Waals surface area contributed by atoms with Gasteiger partial charge in [0.05, 0.1) is 19.3 Å². The molecule has 0 aromatic carbocycles. The van der Waals surface area contributed by atoms with Crippen molar-refractivity contribution in [2.24, 2.45) is 4.99 Å². The minimum Gasteiger partial charge on any atom is -0.378 e. The largest absolute Gasteiger partial charge is 0.378 e. The first-order chi connectivity index (χ1) is 8.66. The van der Waals surface area contributed by atoms with Crippen LogP contribution in [0, 0.1) is 0 Å². The van der Waals surface area contributed by atoms with Gasteiger partial charge in [-0.15, -0.1) is 0 Å². The van der Waals surface area contributed by atoms with Gasteiger partial charge in [-0.05, 0) is 20.3 Å². The molecule has 2 rings (SSSR count). The molecule has 5 nitrogen and oxygen atoms in total. The summed E-state index contributed by atoms with van der Waals surface area (Å²) in [6, 6.07) is 0.152. The van der Waals surface area contributed by atoms with E-state index < -0.39 is 0 Å². The Labute approximate surface area is 112 Å².